The minimum absolute atomic E-state index is 0.0156. The van der Waals surface area contributed by atoms with E-state index in [0.29, 0.717) is 19.6 Å². The van der Waals surface area contributed by atoms with E-state index in [4.69, 9.17) is 23.7 Å². The summed E-state index contributed by atoms with van der Waals surface area (Å²) in [5.74, 6) is -0.484. The van der Waals surface area contributed by atoms with Gasteiger partial charge >= 0.3 is 0 Å². The van der Waals surface area contributed by atoms with Gasteiger partial charge in [-0.15, -0.1) is 6.58 Å². The van der Waals surface area contributed by atoms with E-state index in [2.05, 4.69) is 26.7 Å². The van der Waals surface area contributed by atoms with Gasteiger partial charge in [0.25, 0.3) is 0 Å². The third kappa shape index (κ3) is 9.70. The maximum atomic E-state index is 13.5. The molecule has 0 radical (unpaired) electrons. The van der Waals surface area contributed by atoms with Crippen LogP contribution in [0.2, 0.25) is 0 Å². The molecular formula is C36H52O9S. The van der Waals surface area contributed by atoms with Gasteiger partial charge in [0.1, 0.15) is 0 Å². The van der Waals surface area contributed by atoms with E-state index < -0.39 is 46.8 Å². The van der Waals surface area contributed by atoms with Gasteiger partial charge in [-0.05, 0) is 48.5 Å². The molecular weight excluding hydrogens is 608 g/mol. The summed E-state index contributed by atoms with van der Waals surface area (Å²) in [6.07, 6.45) is 6.34. The summed E-state index contributed by atoms with van der Waals surface area (Å²) in [6.45, 7) is 15.0. The minimum Gasteiger partial charge on any atom is -0.394 e. The van der Waals surface area contributed by atoms with Crippen LogP contribution >= 0.6 is 0 Å². The fourth-order valence-electron chi connectivity index (χ4n) is 6.90. The van der Waals surface area contributed by atoms with Gasteiger partial charge in [-0.25, -0.2) is 8.42 Å². The molecule has 0 aromatic heterocycles. The lowest BCUT2D eigenvalue weighted by atomic mass is 9.83. The molecule has 3 aliphatic rings. The van der Waals surface area contributed by atoms with E-state index in [-0.39, 0.29) is 47.4 Å². The van der Waals surface area contributed by atoms with Gasteiger partial charge in [0.15, 0.2) is 9.84 Å². The molecule has 256 valence electrons. The zero-order valence-corrected chi connectivity index (χ0v) is 28.1. The zero-order valence-electron chi connectivity index (χ0n) is 27.2. The molecule has 3 aliphatic heterocycles. The highest BCUT2D eigenvalue weighted by molar-refractivity contribution is 7.91. The number of benzene rings is 1. The van der Waals surface area contributed by atoms with Crippen molar-refractivity contribution in [2.45, 2.75) is 99.2 Å². The highest BCUT2D eigenvalue weighted by Crippen LogP contribution is 2.41. The summed E-state index contributed by atoms with van der Waals surface area (Å²) in [5, 5.41) is 19.7. The first kappa shape index (κ1) is 36.7. The van der Waals surface area contributed by atoms with Crippen LogP contribution in [0.3, 0.4) is 0 Å². The van der Waals surface area contributed by atoms with Crippen LogP contribution in [-0.4, -0.2) is 100 Å². The van der Waals surface area contributed by atoms with Gasteiger partial charge in [-0.3, -0.25) is 0 Å². The molecule has 1 aromatic rings. The minimum atomic E-state index is -3.66. The second kappa shape index (κ2) is 17.3. The lowest BCUT2D eigenvalue weighted by molar-refractivity contribution is -0.0785. The molecule has 46 heavy (non-hydrogen) atoms. The van der Waals surface area contributed by atoms with Crippen LogP contribution in [0, 0.1) is 11.8 Å². The molecule has 0 spiro atoms. The number of aliphatic hydroxyl groups excluding tert-OH is 2. The molecule has 0 amide bonds. The first-order chi connectivity index (χ1) is 22.1. The van der Waals surface area contributed by atoms with Gasteiger partial charge in [-0.1, -0.05) is 56.5 Å². The quantitative estimate of drug-likeness (QED) is 0.183. The highest BCUT2D eigenvalue weighted by atomic mass is 32.2. The van der Waals surface area contributed by atoms with E-state index in [1.807, 2.05) is 12.2 Å². The number of sulfone groups is 1. The Labute approximate surface area is 274 Å². The van der Waals surface area contributed by atoms with Crippen LogP contribution < -0.4 is 0 Å². The fraction of sp³-hybridized carbons (Fsp3) is 0.611. The van der Waals surface area contributed by atoms with Gasteiger partial charge in [0.2, 0.25) is 0 Å². The van der Waals surface area contributed by atoms with Crippen molar-refractivity contribution in [3.05, 3.63) is 79.4 Å². The average Bonchev–Trinajstić information content (AvgIpc) is 3.55. The standard InChI is InChI=1S/C36H52O9S/c1-6-16-42-17-10-11-28-19-25(3)32(43-28)15-14-29-18-24(2)26(4)33(44-29)21-34-31(23-46(39,40)30-12-8-7-9-13-30)36(41-5)35(45-34)20-27(38)22-37/h6-13,24,27-29,31-38H,1,3-4,14-23H2,2,5H3/b11-10+/t24?,27?,28?,29-,31-,32-,33?,34-,35+,36+/m0/s1. The Morgan fingerprint density at radius 2 is 1.83 bits per heavy atom. The molecule has 10 heteroatoms. The van der Waals surface area contributed by atoms with Crippen LogP contribution in [0.1, 0.15) is 45.4 Å². The zero-order chi connectivity index (χ0) is 33.3. The summed E-state index contributed by atoms with van der Waals surface area (Å²) < 4.78 is 57.6. The Morgan fingerprint density at radius 1 is 1.07 bits per heavy atom. The van der Waals surface area contributed by atoms with E-state index in [0.717, 1.165) is 36.8 Å². The van der Waals surface area contributed by atoms with Gasteiger partial charge in [0.05, 0.1) is 79.3 Å². The summed E-state index contributed by atoms with van der Waals surface area (Å²) in [5.41, 5.74) is 2.04. The predicted molar refractivity (Wildman–Crippen MR) is 177 cm³/mol. The molecule has 1 aromatic carbocycles. The number of hydrogen-bond donors (Lipinski definition) is 2. The molecule has 3 fully saturated rings. The van der Waals surface area contributed by atoms with Gasteiger partial charge < -0.3 is 33.9 Å². The topological polar surface area (TPSA) is 121 Å². The van der Waals surface area contributed by atoms with Crippen molar-refractivity contribution in [1.82, 2.24) is 0 Å². The molecule has 4 unspecified atom stereocenters. The van der Waals surface area contributed by atoms with E-state index >= 15 is 0 Å². The van der Waals surface area contributed by atoms with E-state index in [1.165, 1.54) is 7.11 Å². The highest BCUT2D eigenvalue weighted by Gasteiger charge is 2.49. The summed E-state index contributed by atoms with van der Waals surface area (Å²) in [4.78, 5) is 0.240. The Kier molecular flexibility index (Phi) is 13.8. The van der Waals surface area contributed by atoms with Crippen LogP contribution in [0.15, 0.2) is 84.3 Å². The molecule has 2 N–H and O–H groups in total. The van der Waals surface area contributed by atoms with Crippen molar-refractivity contribution in [3.63, 3.8) is 0 Å². The molecule has 10 atom stereocenters. The molecule has 0 bridgehead atoms. The van der Waals surface area contributed by atoms with Crippen LogP contribution in [0.4, 0.5) is 0 Å². The number of ether oxygens (including phenoxy) is 5. The third-order valence-corrected chi connectivity index (χ3v) is 11.2. The summed E-state index contributed by atoms with van der Waals surface area (Å²) in [7, 11) is -2.14. The smallest absolute Gasteiger partial charge is 0.178 e. The maximum Gasteiger partial charge on any atom is 0.178 e. The summed E-state index contributed by atoms with van der Waals surface area (Å²) in [6, 6.07) is 8.37. The Hall–Kier alpha value is -2.15. The fourth-order valence-corrected chi connectivity index (χ4v) is 8.57. The van der Waals surface area contributed by atoms with Crippen LogP contribution in [0.5, 0.6) is 0 Å². The predicted octanol–water partition coefficient (Wildman–Crippen LogP) is 4.59. The van der Waals surface area contributed by atoms with E-state index in [9.17, 15) is 18.6 Å². The van der Waals surface area contributed by atoms with E-state index in [1.54, 1.807) is 36.4 Å². The van der Waals surface area contributed by atoms with Crippen LogP contribution in [-0.2, 0) is 33.5 Å². The molecule has 3 saturated heterocycles. The average molecular weight is 661 g/mol. The van der Waals surface area contributed by atoms with Crippen molar-refractivity contribution < 1.29 is 42.3 Å². The van der Waals surface area contributed by atoms with Gasteiger partial charge in [-0.2, -0.15) is 0 Å². The molecule has 0 aliphatic carbocycles. The number of rotatable bonds is 17. The normalized spacial score (nSPS) is 32.7. The molecule has 3 heterocycles. The Morgan fingerprint density at radius 3 is 2.52 bits per heavy atom. The molecule has 0 saturated carbocycles. The number of hydrogen-bond acceptors (Lipinski definition) is 9. The molecule has 4 rings (SSSR count). The first-order valence-electron chi connectivity index (χ1n) is 16.3. The lowest BCUT2D eigenvalue weighted by Crippen LogP contribution is -2.40. The lowest BCUT2D eigenvalue weighted by Gasteiger charge is -2.38. The van der Waals surface area contributed by atoms with Crippen LogP contribution in [0.25, 0.3) is 0 Å². The summed E-state index contributed by atoms with van der Waals surface area (Å²) >= 11 is 0. The number of methoxy groups -OCH3 is 1. The largest absolute Gasteiger partial charge is 0.394 e. The van der Waals surface area contributed by atoms with Crippen molar-refractivity contribution in [1.29, 1.82) is 0 Å². The molecule has 9 nitrogen and oxygen atoms in total. The third-order valence-electron chi connectivity index (χ3n) is 9.39. The first-order valence-corrected chi connectivity index (χ1v) is 18.0. The van der Waals surface area contributed by atoms with Crippen molar-refractivity contribution in [2.75, 3.05) is 32.7 Å². The SMILES string of the molecule is C=CCOC/C=C/C1CC(=C)[C@H](CC[C@H]2CC(C)C(=C)C(C[C@@H]3O[C@H](CC(O)CO)[C@H](OC)[C@H]3CS(=O)(=O)c3ccccc3)O2)O1. The second-order valence-electron chi connectivity index (χ2n) is 12.8. The van der Waals surface area contributed by atoms with Crippen molar-refractivity contribution >= 4 is 9.84 Å². The Balaban J connectivity index is 1.42. The number of aliphatic hydroxyl groups is 2. The maximum absolute atomic E-state index is 13.5. The van der Waals surface area contributed by atoms with Crippen molar-refractivity contribution in [3.8, 4) is 0 Å². The monoisotopic (exact) mass is 660 g/mol. The van der Waals surface area contributed by atoms with Crippen molar-refractivity contribution in [2.24, 2.45) is 11.8 Å². The van der Waals surface area contributed by atoms with Gasteiger partial charge in [0, 0.05) is 32.3 Å². The Bertz CT molecular complexity index is 1280. The second-order valence-corrected chi connectivity index (χ2v) is 14.8.